The van der Waals surface area contributed by atoms with Crippen molar-refractivity contribution in [3.05, 3.63) is 57.2 Å². The van der Waals surface area contributed by atoms with Crippen LogP contribution < -0.4 is 5.32 Å². The third kappa shape index (κ3) is 3.18. The van der Waals surface area contributed by atoms with Crippen LogP contribution in [-0.2, 0) is 0 Å². The Labute approximate surface area is 118 Å². The molecule has 2 aromatic heterocycles. The molecule has 0 saturated carbocycles. The largest absolute Gasteiger partial charge is 0.356 e. The molecule has 0 bridgehead atoms. The molecule has 2 rings (SSSR count). The fourth-order valence-electron chi connectivity index (χ4n) is 1.60. The van der Waals surface area contributed by atoms with Crippen molar-refractivity contribution in [3.63, 3.8) is 0 Å². The Balaban J connectivity index is 2.27. The van der Waals surface area contributed by atoms with Gasteiger partial charge in [0.05, 0.1) is 22.9 Å². The number of pyridine rings is 2. The third-order valence-electron chi connectivity index (χ3n) is 2.58. The molecule has 0 amide bonds. The Morgan fingerprint density at radius 2 is 2.15 bits per heavy atom. The highest BCUT2D eigenvalue weighted by Crippen LogP contribution is 2.27. The Morgan fingerprint density at radius 1 is 1.40 bits per heavy atom. The molecule has 0 spiro atoms. The molecule has 2 aromatic rings. The van der Waals surface area contributed by atoms with E-state index in [1.54, 1.807) is 6.92 Å². The number of rotatable bonds is 4. The lowest BCUT2D eigenvalue weighted by molar-refractivity contribution is -0.384. The summed E-state index contributed by atoms with van der Waals surface area (Å²) < 4.78 is 12.8. The molecule has 0 aliphatic heterocycles. The second-order valence-electron chi connectivity index (χ2n) is 4.03. The molecule has 0 fully saturated rings. The summed E-state index contributed by atoms with van der Waals surface area (Å²) >= 11 is 5.73. The van der Waals surface area contributed by atoms with Gasteiger partial charge in [0, 0.05) is 6.07 Å². The number of nitrogens with one attached hydrogen (secondary N) is 1. The van der Waals surface area contributed by atoms with Crippen molar-refractivity contribution in [2.75, 3.05) is 5.32 Å². The monoisotopic (exact) mass is 296 g/mol. The first-order chi connectivity index (χ1) is 9.47. The molecule has 1 N–H and O–H groups in total. The summed E-state index contributed by atoms with van der Waals surface area (Å²) in [7, 11) is 0. The summed E-state index contributed by atoms with van der Waals surface area (Å²) in [5.41, 5.74) is 0.339. The SMILES string of the molecule is C[C@H](Nc1nc(Cl)ccc1[N+](=O)[O-])c1ccc(F)cn1. The van der Waals surface area contributed by atoms with Crippen molar-refractivity contribution in [2.45, 2.75) is 13.0 Å². The molecule has 1 atom stereocenters. The van der Waals surface area contributed by atoms with E-state index in [0.717, 1.165) is 6.20 Å². The van der Waals surface area contributed by atoms with Gasteiger partial charge in [-0.3, -0.25) is 15.1 Å². The maximum absolute atomic E-state index is 12.8. The second-order valence-corrected chi connectivity index (χ2v) is 4.41. The highest BCUT2D eigenvalue weighted by atomic mass is 35.5. The van der Waals surface area contributed by atoms with Gasteiger partial charge in [0.25, 0.3) is 0 Å². The summed E-state index contributed by atoms with van der Waals surface area (Å²) in [6.45, 7) is 1.73. The smallest absolute Gasteiger partial charge is 0.311 e. The van der Waals surface area contributed by atoms with Crippen molar-refractivity contribution in [3.8, 4) is 0 Å². The zero-order valence-electron chi connectivity index (χ0n) is 10.4. The van der Waals surface area contributed by atoms with Gasteiger partial charge in [0.2, 0.25) is 5.82 Å². The van der Waals surface area contributed by atoms with Gasteiger partial charge in [-0.2, -0.15) is 0 Å². The first kappa shape index (κ1) is 14.1. The summed E-state index contributed by atoms with van der Waals surface area (Å²) in [4.78, 5) is 18.1. The van der Waals surface area contributed by atoms with Crippen LogP contribution >= 0.6 is 11.6 Å². The van der Waals surface area contributed by atoms with E-state index in [-0.39, 0.29) is 22.7 Å². The van der Waals surface area contributed by atoms with Crippen molar-refractivity contribution in [1.29, 1.82) is 0 Å². The minimum atomic E-state index is -0.559. The molecule has 0 aromatic carbocycles. The number of aromatic nitrogens is 2. The lowest BCUT2D eigenvalue weighted by Crippen LogP contribution is -2.11. The summed E-state index contributed by atoms with van der Waals surface area (Å²) in [6, 6.07) is 4.97. The van der Waals surface area contributed by atoms with Crippen LogP contribution in [0.4, 0.5) is 15.9 Å². The number of halogens is 2. The lowest BCUT2D eigenvalue weighted by Gasteiger charge is -2.14. The number of nitro groups is 1. The summed E-state index contributed by atoms with van der Waals surface area (Å²) in [5, 5.41) is 13.9. The van der Waals surface area contributed by atoms with Gasteiger partial charge < -0.3 is 5.32 Å². The van der Waals surface area contributed by atoms with Crippen LogP contribution in [0.1, 0.15) is 18.7 Å². The Bertz CT molecular complexity index is 636. The number of anilines is 1. The molecule has 2 heterocycles. The molecule has 0 radical (unpaired) electrons. The number of hydrogen-bond donors (Lipinski definition) is 1. The van der Waals surface area contributed by atoms with Gasteiger partial charge in [-0.25, -0.2) is 9.37 Å². The highest BCUT2D eigenvalue weighted by molar-refractivity contribution is 6.29. The average Bonchev–Trinajstić information content (AvgIpc) is 2.39. The summed E-state index contributed by atoms with van der Waals surface area (Å²) in [6.07, 6.45) is 1.08. The molecule has 0 saturated heterocycles. The lowest BCUT2D eigenvalue weighted by atomic mass is 10.2. The Kier molecular flexibility index (Phi) is 4.09. The zero-order valence-corrected chi connectivity index (χ0v) is 11.1. The van der Waals surface area contributed by atoms with E-state index in [2.05, 4.69) is 15.3 Å². The van der Waals surface area contributed by atoms with Gasteiger partial charge in [0.1, 0.15) is 11.0 Å². The van der Waals surface area contributed by atoms with Crippen molar-refractivity contribution < 1.29 is 9.31 Å². The van der Waals surface area contributed by atoms with Crippen LogP contribution in [0.3, 0.4) is 0 Å². The van der Waals surface area contributed by atoms with E-state index in [4.69, 9.17) is 11.6 Å². The average molecular weight is 297 g/mol. The molecule has 8 heteroatoms. The van der Waals surface area contributed by atoms with Gasteiger partial charge in [-0.1, -0.05) is 11.6 Å². The molecular weight excluding hydrogens is 287 g/mol. The molecule has 0 aliphatic carbocycles. The predicted molar refractivity (Wildman–Crippen MR) is 72.1 cm³/mol. The van der Waals surface area contributed by atoms with Crippen LogP contribution in [0.25, 0.3) is 0 Å². The minimum absolute atomic E-state index is 0.0427. The molecule has 104 valence electrons. The predicted octanol–water partition coefficient (Wildman–Crippen LogP) is 3.35. The maximum atomic E-state index is 12.8. The first-order valence-electron chi connectivity index (χ1n) is 5.66. The van der Waals surface area contributed by atoms with Crippen molar-refractivity contribution in [2.24, 2.45) is 0 Å². The van der Waals surface area contributed by atoms with Gasteiger partial charge in [0.15, 0.2) is 0 Å². The molecule has 0 aliphatic rings. The topological polar surface area (TPSA) is 81.0 Å². The fraction of sp³-hybridized carbons (Fsp3) is 0.167. The van der Waals surface area contributed by atoms with Crippen LogP contribution in [0.2, 0.25) is 5.15 Å². The number of nitrogens with zero attached hydrogens (tertiary/aromatic N) is 3. The minimum Gasteiger partial charge on any atom is -0.356 e. The standard InChI is InChI=1S/C12H10ClFN4O2/c1-7(9-3-2-8(14)6-15-9)16-12-10(18(19)20)4-5-11(13)17-12/h2-7H,1H3,(H,16,17)/t7-/m0/s1. The van der Waals surface area contributed by atoms with Crippen molar-refractivity contribution >= 4 is 23.1 Å². The van der Waals surface area contributed by atoms with Crippen LogP contribution in [0.15, 0.2) is 30.5 Å². The third-order valence-corrected chi connectivity index (χ3v) is 2.79. The van der Waals surface area contributed by atoms with E-state index in [9.17, 15) is 14.5 Å². The van der Waals surface area contributed by atoms with E-state index in [0.29, 0.717) is 5.69 Å². The molecular formula is C12H10ClFN4O2. The first-order valence-corrected chi connectivity index (χ1v) is 6.04. The van der Waals surface area contributed by atoms with E-state index in [1.807, 2.05) is 0 Å². The summed E-state index contributed by atoms with van der Waals surface area (Å²) in [5.74, 6) is -0.408. The molecule has 20 heavy (non-hydrogen) atoms. The van der Waals surface area contributed by atoms with Crippen LogP contribution in [0.5, 0.6) is 0 Å². The number of hydrogen-bond acceptors (Lipinski definition) is 5. The molecule has 6 nitrogen and oxygen atoms in total. The Morgan fingerprint density at radius 3 is 2.75 bits per heavy atom. The van der Waals surface area contributed by atoms with Crippen LogP contribution in [0, 0.1) is 15.9 Å². The van der Waals surface area contributed by atoms with Gasteiger partial charge in [-0.05, 0) is 25.1 Å². The van der Waals surface area contributed by atoms with Crippen LogP contribution in [-0.4, -0.2) is 14.9 Å². The Hall–Kier alpha value is -2.28. The zero-order chi connectivity index (χ0) is 14.7. The maximum Gasteiger partial charge on any atom is 0.311 e. The van der Waals surface area contributed by atoms with E-state index < -0.39 is 10.7 Å². The van der Waals surface area contributed by atoms with Gasteiger partial charge in [-0.15, -0.1) is 0 Å². The quantitative estimate of drug-likeness (QED) is 0.531. The van der Waals surface area contributed by atoms with E-state index >= 15 is 0 Å². The highest BCUT2D eigenvalue weighted by Gasteiger charge is 2.18. The van der Waals surface area contributed by atoms with Gasteiger partial charge >= 0.3 is 5.69 Å². The van der Waals surface area contributed by atoms with Crippen molar-refractivity contribution in [1.82, 2.24) is 9.97 Å². The van der Waals surface area contributed by atoms with E-state index in [1.165, 1.54) is 24.3 Å². The normalized spacial score (nSPS) is 11.9. The molecule has 0 unspecified atom stereocenters. The fourth-order valence-corrected chi connectivity index (χ4v) is 1.75. The second kappa shape index (κ2) is 5.79.